The highest BCUT2D eigenvalue weighted by Gasteiger charge is 2.08. The van der Waals surface area contributed by atoms with Crippen molar-refractivity contribution in [3.05, 3.63) is 26.0 Å². The van der Waals surface area contributed by atoms with Crippen LogP contribution in [0.3, 0.4) is 0 Å². The minimum Gasteiger partial charge on any atom is -0.378 e. The Labute approximate surface area is 93.4 Å². The van der Waals surface area contributed by atoms with Gasteiger partial charge < -0.3 is 4.90 Å². The third-order valence-electron chi connectivity index (χ3n) is 1.61. The van der Waals surface area contributed by atoms with Crippen molar-refractivity contribution in [3.8, 4) is 0 Å². The zero-order chi connectivity index (χ0) is 10.0. The Morgan fingerprint density at radius 3 is 2.00 bits per heavy atom. The second-order valence-electron chi connectivity index (χ2n) is 2.74. The van der Waals surface area contributed by atoms with Crippen molar-refractivity contribution >= 4 is 43.2 Å². The predicted octanol–water partition coefficient (Wildman–Crippen LogP) is 3.68. The molecule has 0 aromatic heterocycles. The number of nitrogens with zero attached hydrogens (tertiary/aromatic N) is 2. The van der Waals surface area contributed by atoms with E-state index in [9.17, 15) is 4.91 Å². The minimum absolute atomic E-state index is 0.394. The average Bonchev–Trinajstić information content (AvgIpc) is 2.03. The molecule has 0 saturated heterocycles. The van der Waals surface area contributed by atoms with Gasteiger partial charge in [0, 0.05) is 28.7 Å². The first-order chi connectivity index (χ1) is 6.06. The van der Waals surface area contributed by atoms with Gasteiger partial charge in [-0.2, -0.15) is 0 Å². The molecule has 0 aliphatic heterocycles. The predicted molar refractivity (Wildman–Crippen MR) is 61.6 cm³/mol. The second-order valence-corrected chi connectivity index (χ2v) is 4.45. The molecule has 13 heavy (non-hydrogen) atoms. The van der Waals surface area contributed by atoms with Crippen LogP contribution in [0.15, 0.2) is 26.3 Å². The third-order valence-corrected chi connectivity index (χ3v) is 2.82. The quantitative estimate of drug-likeness (QED) is 0.781. The molecule has 0 saturated carbocycles. The van der Waals surface area contributed by atoms with Crippen LogP contribution in [0.5, 0.6) is 0 Å². The van der Waals surface area contributed by atoms with E-state index in [1.807, 2.05) is 31.1 Å². The van der Waals surface area contributed by atoms with Crippen molar-refractivity contribution in [1.82, 2.24) is 0 Å². The van der Waals surface area contributed by atoms with E-state index in [4.69, 9.17) is 0 Å². The van der Waals surface area contributed by atoms with E-state index >= 15 is 0 Å². The second kappa shape index (κ2) is 4.19. The van der Waals surface area contributed by atoms with Crippen LogP contribution in [0.4, 0.5) is 11.4 Å². The number of hydrogen-bond donors (Lipinski definition) is 0. The van der Waals surface area contributed by atoms with Gasteiger partial charge in [-0.1, -0.05) is 0 Å². The van der Waals surface area contributed by atoms with Crippen LogP contribution in [-0.2, 0) is 0 Å². The van der Waals surface area contributed by atoms with E-state index in [0.29, 0.717) is 14.6 Å². The number of nitroso groups, excluding NO2 is 1. The molecule has 0 heterocycles. The van der Waals surface area contributed by atoms with Crippen molar-refractivity contribution in [2.75, 3.05) is 19.0 Å². The van der Waals surface area contributed by atoms with Crippen LogP contribution in [-0.4, -0.2) is 14.1 Å². The Kier molecular flexibility index (Phi) is 3.44. The SMILES string of the molecule is CN(C)c1cc(Br)c(N=O)c(Br)c1. The van der Waals surface area contributed by atoms with E-state index < -0.39 is 0 Å². The van der Waals surface area contributed by atoms with Gasteiger partial charge in [0.15, 0.2) is 0 Å². The largest absolute Gasteiger partial charge is 0.378 e. The molecule has 0 fully saturated rings. The highest BCUT2D eigenvalue weighted by molar-refractivity contribution is 9.11. The highest BCUT2D eigenvalue weighted by Crippen LogP contribution is 2.36. The first kappa shape index (κ1) is 10.7. The fourth-order valence-corrected chi connectivity index (χ4v) is 2.20. The average molecular weight is 308 g/mol. The smallest absolute Gasteiger partial charge is 0.136 e. The van der Waals surface area contributed by atoms with E-state index in [-0.39, 0.29) is 0 Å². The van der Waals surface area contributed by atoms with Crippen LogP contribution < -0.4 is 4.90 Å². The van der Waals surface area contributed by atoms with Crippen molar-refractivity contribution in [2.24, 2.45) is 5.18 Å². The van der Waals surface area contributed by atoms with Gasteiger partial charge in [0.05, 0.1) is 0 Å². The normalized spacial score (nSPS) is 9.85. The molecule has 5 heteroatoms. The molecule has 1 rings (SSSR count). The summed E-state index contributed by atoms with van der Waals surface area (Å²) in [6, 6.07) is 3.70. The zero-order valence-electron chi connectivity index (χ0n) is 7.21. The summed E-state index contributed by atoms with van der Waals surface area (Å²) in [5.74, 6) is 0. The fourth-order valence-electron chi connectivity index (χ4n) is 0.898. The Hall–Kier alpha value is -0.420. The van der Waals surface area contributed by atoms with Gasteiger partial charge in [0.25, 0.3) is 0 Å². The zero-order valence-corrected chi connectivity index (χ0v) is 10.4. The molecule has 0 unspecified atom stereocenters. The number of halogens is 2. The van der Waals surface area contributed by atoms with E-state index in [1.54, 1.807) is 0 Å². The van der Waals surface area contributed by atoms with Gasteiger partial charge in [-0.05, 0) is 49.2 Å². The molecule has 0 amide bonds. The van der Waals surface area contributed by atoms with Crippen LogP contribution in [0.1, 0.15) is 0 Å². The first-order valence-corrected chi connectivity index (χ1v) is 5.14. The fraction of sp³-hybridized carbons (Fsp3) is 0.250. The van der Waals surface area contributed by atoms with Gasteiger partial charge >= 0.3 is 0 Å². The van der Waals surface area contributed by atoms with Gasteiger partial charge in [0.1, 0.15) is 5.69 Å². The lowest BCUT2D eigenvalue weighted by atomic mass is 10.3. The van der Waals surface area contributed by atoms with Crippen molar-refractivity contribution in [1.29, 1.82) is 0 Å². The molecule has 0 N–H and O–H groups in total. The molecule has 0 atom stereocenters. The molecule has 70 valence electrons. The molecule has 0 aliphatic rings. The summed E-state index contributed by atoms with van der Waals surface area (Å²) in [5, 5.41) is 2.91. The van der Waals surface area contributed by atoms with Gasteiger partial charge in [0.2, 0.25) is 0 Å². The lowest BCUT2D eigenvalue weighted by Crippen LogP contribution is -2.08. The molecule has 0 aliphatic carbocycles. The van der Waals surface area contributed by atoms with Crippen LogP contribution in [0.2, 0.25) is 0 Å². The summed E-state index contributed by atoms with van der Waals surface area (Å²) in [6.45, 7) is 0. The third kappa shape index (κ3) is 2.28. The maximum absolute atomic E-state index is 10.4. The summed E-state index contributed by atoms with van der Waals surface area (Å²) in [5.41, 5.74) is 1.40. The van der Waals surface area contributed by atoms with E-state index in [0.717, 1.165) is 5.69 Å². The Balaban J connectivity index is 3.28. The van der Waals surface area contributed by atoms with Crippen molar-refractivity contribution in [3.63, 3.8) is 0 Å². The summed E-state index contributed by atoms with van der Waals surface area (Å²) < 4.78 is 1.39. The number of anilines is 1. The van der Waals surface area contributed by atoms with Crippen molar-refractivity contribution < 1.29 is 0 Å². The lowest BCUT2D eigenvalue weighted by Gasteiger charge is -2.13. The maximum Gasteiger partial charge on any atom is 0.136 e. The number of hydrogen-bond acceptors (Lipinski definition) is 3. The molecule has 0 radical (unpaired) electrons. The Morgan fingerprint density at radius 1 is 1.23 bits per heavy atom. The summed E-state index contributed by atoms with van der Waals surface area (Å²) in [6.07, 6.45) is 0. The molecule has 0 spiro atoms. The Bertz CT molecular complexity index is 316. The maximum atomic E-state index is 10.4. The molecule has 1 aromatic rings. The van der Waals surface area contributed by atoms with Gasteiger partial charge in [-0.25, -0.2) is 0 Å². The first-order valence-electron chi connectivity index (χ1n) is 3.56. The van der Waals surface area contributed by atoms with Crippen molar-refractivity contribution in [2.45, 2.75) is 0 Å². The topological polar surface area (TPSA) is 32.7 Å². The molecule has 1 aromatic carbocycles. The van der Waals surface area contributed by atoms with E-state index in [2.05, 4.69) is 37.0 Å². The monoisotopic (exact) mass is 306 g/mol. The van der Waals surface area contributed by atoms with Crippen LogP contribution in [0.25, 0.3) is 0 Å². The lowest BCUT2D eigenvalue weighted by molar-refractivity contribution is 1.13. The minimum atomic E-state index is 0.394. The summed E-state index contributed by atoms with van der Waals surface area (Å²) >= 11 is 6.55. The molecular formula is C8H8Br2N2O. The van der Waals surface area contributed by atoms with Crippen LogP contribution in [0, 0.1) is 4.91 Å². The highest BCUT2D eigenvalue weighted by atomic mass is 79.9. The van der Waals surface area contributed by atoms with Gasteiger partial charge in [-0.3, -0.25) is 0 Å². The standard InChI is InChI=1S/C8H8Br2N2O/c1-12(2)5-3-6(9)8(11-13)7(10)4-5/h3-4H,1-2H3. The Morgan fingerprint density at radius 2 is 1.69 bits per heavy atom. The number of benzene rings is 1. The summed E-state index contributed by atoms with van der Waals surface area (Å²) in [7, 11) is 3.87. The van der Waals surface area contributed by atoms with Gasteiger partial charge in [-0.15, -0.1) is 4.91 Å². The number of rotatable bonds is 2. The molecular weight excluding hydrogens is 300 g/mol. The van der Waals surface area contributed by atoms with Crippen LogP contribution >= 0.6 is 31.9 Å². The summed E-state index contributed by atoms with van der Waals surface area (Å²) in [4.78, 5) is 12.4. The molecule has 3 nitrogen and oxygen atoms in total. The van der Waals surface area contributed by atoms with E-state index in [1.165, 1.54) is 0 Å². The molecule has 0 bridgehead atoms.